The normalized spacial score (nSPS) is 24.2. The SMILES string of the molecule is C[C@@H]1CC[C@H]2C(=O)N(c3cccc(C(=O)Nc4ccccc4Cl)c3)C(=O)[C@H]2C1. The molecule has 2 aromatic rings. The lowest BCUT2D eigenvalue weighted by molar-refractivity contribution is -0.122. The summed E-state index contributed by atoms with van der Waals surface area (Å²) in [5, 5.41) is 3.20. The predicted octanol–water partition coefficient (Wildman–Crippen LogP) is 4.52. The number of halogens is 1. The number of fused-ring (bicyclic) bond motifs is 1. The zero-order valence-electron chi connectivity index (χ0n) is 15.5. The third-order valence-electron chi connectivity index (χ3n) is 5.68. The maximum absolute atomic E-state index is 12.9. The number of nitrogens with one attached hydrogen (secondary N) is 1. The first kappa shape index (κ1) is 18.7. The van der Waals surface area contributed by atoms with Gasteiger partial charge in [0.25, 0.3) is 5.91 Å². The van der Waals surface area contributed by atoms with E-state index in [-0.39, 0.29) is 29.6 Å². The van der Waals surface area contributed by atoms with Gasteiger partial charge in [-0.25, -0.2) is 0 Å². The minimum Gasteiger partial charge on any atom is -0.321 e. The zero-order valence-corrected chi connectivity index (χ0v) is 16.3. The van der Waals surface area contributed by atoms with E-state index in [0.717, 1.165) is 19.3 Å². The summed E-state index contributed by atoms with van der Waals surface area (Å²) in [7, 11) is 0. The molecule has 5 nitrogen and oxygen atoms in total. The van der Waals surface area contributed by atoms with Crippen molar-refractivity contribution in [3.05, 3.63) is 59.1 Å². The summed E-state index contributed by atoms with van der Waals surface area (Å²) in [6, 6.07) is 13.6. The average Bonchev–Trinajstić information content (AvgIpc) is 2.93. The Hall–Kier alpha value is -2.66. The fraction of sp³-hybridized carbons (Fsp3) is 0.318. The monoisotopic (exact) mass is 396 g/mol. The van der Waals surface area contributed by atoms with E-state index in [2.05, 4.69) is 12.2 Å². The van der Waals surface area contributed by atoms with Gasteiger partial charge in [0.05, 0.1) is 28.2 Å². The van der Waals surface area contributed by atoms with E-state index in [9.17, 15) is 14.4 Å². The maximum atomic E-state index is 12.9. The fourth-order valence-corrected chi connectivity index (χ4v) is 4.37. The molecule has 1 aliphatic heterocycles. The van der Waals surface area contributed by atoms with Gasteiger partial charge in [-0.1, -0.05) is 36.7 Å². The van der Waals surface area contributed by atoms with Crippen molar-refractivity contribution in [2.24, 2.45) is 17.8 Å². The highest BCUT2D eigenvalue weighted by Gasteiger charge is 2.50. The number of hydrogen-bond donors (Lipinski definition) is 1. The van der Waals surface area contributed by atoms with Crippen LogP contribution in [0, 0.1) is 17.8 Å². The molecule has 2 aromatic carbocycles. The lowest BCUT2D eigenvalue weighted by Gasteiger charge is -2.25. The third-order valence-corrected chi connectivity index (χ3v) is 6.01. The van der Waals surface area contributed by atoms with Gasteiger partial charge in [0.15, 0.2) is 0 Å². The molecule has 6 heteroatoms. The Balaban J connectivity index is 1.59. The summed E-state index contributed by atoms with van der Waals surface area (Å²) in [6.07, 6.45) is 2.46. The summed E-state index contributed by atoms with van der Waals surface area (Å²) in [4.78, 5) is 39.7. The van der Waals surface area contributed by atoms with Crippen LogP contribution in [-0.4, -0.2) is 17.7 Å². The van der Waals surface area contributed by atoms with Gasteiger partial charge in [0, 0.05) is 5.56 Å². The molecule has 1 heterocycles. The lowest BCUT2D eigenvalue weighted by atomic mass is 9.76. The first-order chi connectivity index (χ1) is 13.5. The molecule has 0 radical (unpaired) electrons. The minimum atomic E-state index is -0.347. The molecule has 1 saturated carbocycles. The van der Waals surface area contributed by atoms with Crippen LogP contribution in [0.15, 0.2) is 48.5 Å². The molecule has 2 aliphatic rings. The summed E-state index contributed by atoms with van der Waals surface area (Å²) in [6.45, 7) is 2.12. The molecule has 2 fully saturated rings. The van der Waals surface area contributed by atoms with Crippen molar-refractivity contribution in [2.45, 2.75) is 26.2 Å². The van der Waals surface area contributed by atoms with E-state index >= 15 is 0 Å². The Bertz CT molecular complexity index is 958. The summed E-state index contributed by atoms with van der Waals surface area (Å²) >= 11 is 6.10. The number of imide groups is 1. The van der Waals surface area contributed by atoms with E-state index < -0.39 is 0 Å². The van der Waals surface area contributed by atoms with Gasteiger partial charge in [-0.15, -0.1) is 0 Å². The first-order valence-corrected chi connectivity index (χ1v) is 9.87. The zero-order chi connectivity index (χ0) is 19.8. The quantitative estimate of drug-likeness (QED) is 0.776. The molecule has 0 spiro atoms. The predicted molar refractivity (Wildman–Crippen MR) is 108 cm³/mol. The molecule has 0 bridgehead atoms. The van der Waals surface area contributed by atoms with Crippen LogP contribution in [0.3, 0.4) is 0 Å². The molecule has 4 rings (SSSR count). The first-order valence-electron chi connectivity index (χ1n) is 9.49. The number of hydrogen-bond acceptors (Lipinski definition) is 3. The van der Waals surface area contributed by atoms with Crippen molar-refractivity contribution in [1.29, 1.82) is 0 Å². The van der Waals surface area contributed by atoms with Crippen LogP contribution < -0.4 is 10.2 Å². The molecule has 144 valence electrons. The number of carbonyl (C=O) groups excluding carboxylic acids is 3. The minimum absolute atomic E-state index is 0.148. The van der Waals surface area contributed by atoms with Crippen LogP contribution in [0.5, 0.6) is 0 Å². The number of benzene rings is 2. The number of amides is 3. The van der Waals surface area contributed by atoms with Gasteiger partial charge >= 0.3 is 0 Å². The average molecular weight is 397 g/mol. The van der Waals surface area contributed by atoms with Crippen molar-refractivity contribution in [3.8, 4) is 0 Å². The number of nitrogens with zero attached hydrogens (tertiary/aromatic N) is 1. The highest BCUT2D eigenvalue weighted by Crippen LogP contribution is 2.42. The van der Waals surface area contributed by atoms with E-state index in [1.807, 2.05) is 0 Å². The van der Waals surface area contributed by atoms with Crippen LogP contribution in [-0.2, 0) is 9.59 Å². The topological polar surface area (TPSA) is 66.5 Å². The number of anilines is 2. The summed E-state index contributed by atoms with van der Waals surface area (Å²) < 4.78 is 0. The van der Waals surface area contributed by atoms with E-state index in [1.54, 1.807) is 48.5 Å². The smallest absolute Gasteiger partial charge is 0.255 e. The molecule has 3 amide bonds. The Morgan fingerprint density at radius 1 is 1.04 bits per heavy atom. The Kier molecular flexibility index (Phi) is 4.94. The van der Waals surface area contributed by atoms with Crippen LogP contribution in [0.4, 0.5) is 11.4 Å². The van der Waals surface area contributed by atoms with Gasteiger partial charge in [0.2, 0.25) is 11.8 Å². The standard InChI is InChI=1S/C22H21ClN2O3/c1-13-9-10-16-17(11-13)22(28)25(21(16)27)15-6-4-5-14(12-15)20(26)24-19-8-3-2-7-18(19)23/h2-8,12-13,16-17H,9-11H2,1H3,(H,24,26)/t13-,16-,17+/m1/s1. The van der Waals surface area contributed by atoms with Gasteiger partial charge in [-0.2, -0.15) is 0 Å². The number of para-hydroxylation sites is 1. The second-order valence-electron chi connectivity index (χ2n) is 7.63. The summed E-state index contributed by atoms with van der Waals surface area (Å²) in [5.41, 5.74) is 1.32. The molecular weight excluding hydrogens is 376 g/mol. The van der Waals surface area contributed by atoms with Gasteiger partial charge < -0.3 is 5.32 Å². The van der Waals surface area contributed by atoms with Crippen LogP contribution in [0.25, 0.3) is 0 Å². The second kappa shape index (κ2) is 7.40. The lowest BCUT2D eigenvalue weighted by Crippen LogP contribution is -2.31. The fourth-order valence-electron chi connectivity index (χ4n) is 4.19. The Morgan fingerprint density at radius 3 is 2.57 bits per heavy atom. The largest absolute Gasteiger partial charge is 0.321 e. The van der Waals surface area contributed by atoms with Crippen molar-refractivity contribution < 1.29 is 14.4 Å². The van der Waals surface area contributed by atoms with E-state index in [1.165, 1.54) is 4.90 Å². The molecule has 1 aliphatic carbocycles. The third kappa shape index (κ3) is 3.31. The Labute approximate surface area is 168 Å². The van der Waals surface area contributed by atoms with Crippen LogP contribution >= 0.6 is 11.6 Å². The number of carbonyl (C=O) groups is 3. The molecule has 0 aromatic heterocycles. The van der Waals surface area contributed by atoms with E-state index in [0.29, 0.717) is 27.9 Å². The molecular formula is C22H21ClN2O3. The van der Waals surface area contributed by atoms with Crippen molar-refractivity contribution in [2.75, 3.05) is 10.2 Å². The summed E-state index contributed by atoms with van der Waals surface area (Å²) in [5.74, 6) is -0.664. The highest BCUT2D eigenvalue weighted by molar-refractivity contribution is 6.34. The van der Waals surface area contributed by atoms with Gasteiger partial charge in [0.1, 0.15) is 0 Å². The van der Waals surface area contributed by atoms with Crippen molar-refractivity contribution in [1.82, 2.24) is 0 Å². The van der Waals surface area contributed by atoms with E-state index in [4.69, 9.17) is 11.6 Å². The molecule has 0 unspecified atom stereocenters. The molecule has 1 saturated heterocycles. The molecule has 28 heavy (non-hydrogen) atoms. The van der Waals surface area contributed by atoms with Gasteiger partial charge in [-0.3, -0.25) is 19.3 Å². The van der Waals surface area contributed by atoms with Crippen molar-refractivity contribution >= 4 is 40.7 Å². The van der Waals surface area contributed by atoms with Gasteiger partial charge in [-0.05, 0) is 55.5 Å². The Morgan fingerprint density at radius 2 is 1.79 bits per heavy atom. The molecule has 1 N–H and O–H groups in total. The molecule has 3 atom stereocenters. The highest BCUT2D eigenvalue weighted by atomic mass is 35.5. The van der Waals surface area contributed by atoms with Crippen molar-refractivity contribution in [3.63, 3.8) is 0 Å². The van der Waals surface area contributed by atoms with Crippen LogP contribution in [0.2, 0.25) is 5.02 Å². The second-order valence-corrected chi connectivity index (χ2v) is 8.03. The van der Waals surface area contributed by atoms with Crippen LogP contribution in [0.1, 0.15) is 36.5 Å². The number of rotatable bonds is 3. The maximum Gasteiger partial charge on any atom is 0.255 e.